The predicted octanol–water partition coefficient (Wildman–Crippen LogP) is 5.68. The van der Waals surface area contributed by atoms with E-state index >= 15 is 8.78 Å². The van der Waals surface area contributed by atoms with E-state index in [-0.39, 0.29) is 37.8 Å². The lowest BCUT2D eigenvalue weighted by Gasteiger charge is -2.36. The molecule has 0 bridgehead atoms. The van der Waals surface area contributed by atoms with Crippen LogP contribution in [0, 0.1) is 17.6 Å². The second-order valence-electron chi connectivity index (χ2n) is 14.2. The Kier molecular flexibility index (Phi) is 12.9. The Labute approximate surface area is 292 Å². The lowest BCUT2D eigenvalue weighted by molar-refractivity contribution is 0.187. The van der Waals surface area contributed by atoms with Gasteiger partial charge in [0.05, 0.1) is 0 Å². The van der Waals surface area contributed by atoms with Crippen LogP contribution in [0.25, 0.3) is 0 Å². The molecule has 5 rings (SSSR count). The van der Waals surface area contributed by atoms with Crippen molar-refractivity contribution in [3.63, 3.8) is 0 Å². The summed E-state index contributed by atoms with van der Waals surface area (Å²) in [4.78, 5) is 2.82. The first-order chi connectivity index (χ1) is 23.4. The fraction of sp³-hybridized carbons (Fsp3) is 0.611. The fourth-order valence-electron chi connectivity index (χ4n) is 7.57. The summed E-state index contributed by atoms with van der Waals surface area (Å²) in [5.74, 6) is -1.50. The second kappa shape index (κ2) is 16.7. The van der Waals surface area contributed by atoms with Crippen molar-refractivity contribution in [2.75, 3.05) is 77.9 Å². The van der Waals surface area contributed by atoms with Gasteiger partial charge in [-0.05, 0) is 86.7 Å². The Morgan fingerprint density at radius 3 is 1.90 bits per heavy atom. The molecular weight excluding hydrogens is 669 g/mol. The van der Waals surface area contributed by atoms with Crippen molar-refractivity contribution in [3.05, 3.63) is 71.8 Å². The van der Waals surface area contributed by atoms with Crippen LogP contribution in [0.4, 0.5) is 14.5 Å². The average molecular weight is 722 g/mol. The van der Waals surface area contributed by atoms with E-state index in [4.69, 9.17) is 0 Å². The third kappa shape index (κ3) is 9.48. The van der Waals surface area contributed by atoms with Crippen molar-refractivity contribution in [1.82, 2.24) is 17.8 Å². The topological polar surface area (TPSA) is 84.5 Å². The molecule has 2 heterocycles. The maximum atomic E-state index is 15.4. The van der Waals surface area contributed by atoms with E-state index in [0.29, 0.717) is 63.4 Å². The van der Waals surface area contributed by atoms with Crippen molar-refractivity contribution in [2.45, 2.75) is 68.6 Å². The van der Waals surface area contributed by atoms with Gasteiger partial charge in [0.25, 0.3) is 10.2 Å². The molecule has 1 saturated carbocycles. The molecule has 3 fully saturated rings. The minimum atomic E-state index is -4.63. The Morgan fingerprint density at radius 2 is 1.31 bits per heavy atom. The molecule has 2 aromatic rings. The minimum absolute atomic E-state index is 0.0244. The molecule has 13 heteroatoms. The zero-order valence-corrected chi connectivity index (χ0v) is 30.7. The van der Waals surface area contributed by atoms with Gasteiger partial charge in [0.15, 0.2) is 4.90 Å². The molecule has 0 aromatic heterocycles. The number of rotatable bonds is 8. The highest BCUT2D eigenvalue weighted by Crippen LogP contribution is 2.31. The highest BCUT2D eigenvalue weighted by atomic mass is 32.2. The zero-order valence-electron chi connectivity index (χ0n) is 29.1. The van der Waals surface area contributed by atoms with Crippen molar-refractivity contribution >= 4 is 25.9 Å². The molecule has 0 radical (unpaired) electrons. The van der Waals surface area contributed by atoms with Gasteiger partial charge in [-0.25, -0.2) is 17.2 Å². The second-order valence-corrected chi connectivity index (χ2v) is 18.0. The van der Waals surface area contributed by atoms with Crippen molar-refractivity contribution in [1.29, 1.82) is 0 Å². The fourth-order valence-corrected chi connectivity index (χ4v) is 10.9. The standard InChI is InChI=1S/C36H53F2N5O4S2/c1-29-26-42(48(44,45)36-34(37)24-33(39(2)3)25-35(36)38)20-10-18-40(28-30-12-6-4-7-13-30)19-11-21-43(27-29)49(46,47)41-22-16-32(17-23-41)31-14-8-5-9-15-31/h5,8-9,14-15,24-25,30,32H,1,4,6-7,10-13,16-23,26-28H2,2-3H3. The molecular formula is C36H53F2N5O4S2. The number of hydrogen-bond donors (Lipinski definition) is 0. The molecule has 2 aromatic carbocycles. The normalized spacial score (nSPS) is 21.7. The van der Waals surface area contributed by atoms with Crippen LogP contribution in [0.5, 0.6) is 0 Å². The van der Waals surface area contributed by atoms with Gasteiger partial charge < -0.3 is 9.80 Å². The van der Waals surface area contributed by atoms with Gasteiger partial charge in [0.1, 0.15) is 11.6 Å². The minimum Gasteiger partial charge on any atom is -0.377 e. The van der Waals surface area contributed by atoms with E-state index in [1.807, 2.05) is 18.2 Å². The van der Waals surface area contributed by atoms with Gasteiger partial charge in [0, 0.05) is 65.6 Å². The van der Waals surface area contributed by atoms with Crippen molar-refractivity contribution in [3.8, 4) is 0 Å². The average Bonchev–Trinajstić information content (AvgIpc) is 3.07. The van der Waals surface area contributed by atoms with Crippen molar-refractivity contribution < 1.29 is 25.6 Å². The maximum absolute atomic E-state index is 15.4. The van der Waals surface area contributed by atoms with Gasteiger partial charge in [-0.3, -0.25) is 0 Å². The SMILES string of the molecule is C=C1CN(S(=O)(=O)c2c(F)cc(N(C)C)cc2F)CCCN(CC2CCCCC2)CCCN(S(=O)(=O)N2CCC(c3ccccc3)CC2)C1. The number of nitrogens with zero attached hydrogens (tertiary/aromatic N) is 5. The Hall–Kier alpha value is -2.42. The van der Waals surface area contributed by atoms with Crippen LogP contribution in [0.1, 0.15) is 69.3 Å². The van der Waals surface area contributed by atoms with Crippen LogP contribution in [0.15, 0.2) is 59.5 Å². The molecule has 2 aliphatic heterocycles. The number of benzene rings is 2. The number of anilines is 1. The number of sulfonamides is 1. The largest absolute Gasteiger partial charge is 0.377 e. The number of hydrogen-bond acceptors (Lipinski definition) is 6. The molecule has 0 amide bonds. The van der Waals surface area contributed by atoms with Gasteiger partial charge in [-0.15, -0.1) is 0 Å². The van der Waals surface area contributed by atoms with Crippen LogP contribution in [-0.4, -0.2) is 108 Å². The number of piperidine rings is 1. The van der Waals surface area contributed by atoms with E-state index in [9.17, 15) is 16.8 Å². The van der Waals surface area contributed by atoms with Gasteiger partial charge in [-0.1, -0.05) is 56.2 Å². The summed E-state index contributed by atoms with van der Waals surface area (Å²) in [5.41, 5.74) is 1.76. The molecule has 49 heavy (non-hydrogen) atoms. The molecule has 0 atom stereocenters. The molecule has 0 N–H and O–H groups in total. The molecule has 9 nitrogen and oxygen atoms in total. The van der Waals surface area contributed by atoms with E-state index in [0.717, 1.165) is 35.8 Å². The highest BCUT2D eigenvalue weighted by Gasteiger charge is 2.36. The Morgan fingerprint density at radius 1 is 0.735 bits per heavy atom. The quantitative estimate of drug-likeness (QED) is 0.327. The maximum Gasteiger partial charge on any atom is 0.282 e. The summed E-state index contributed by atoms with van der Waals surface area (Å²) in [6.45, 7) is 6.98. The summed E-state index contributed by atoms with van der Waals surface area (Å²) in [6, 6.07) is 12.2. The van der Waals surface area contributed by atoms with Crippen LogP contribution >= 0.6 is 0 Å². The highest BCUT2D eigenvalue weighted by molar-refractivity contribution is 7.89. The third-order valence-corrected chi connectivity index (χ3v) is 14.2. The van der Waals surface area contributed by atoms with Crippen LogP contribution < -0.4 is 4.90 Å². The van der Waals surface area contributed by atoms with E-state index in [2.05, 4.69) is 23.6 Å². The smallest absolute Gasteiger partial charge is 0.282 e. The van der Waals surface area contributed by atoms with Gasteiger partial charge in [-0.2, -0.15) is 21.3 Å². The monoisotopic (exact) mass is 721 g/mol. The Balaban J connectivity index is 1.38. The van der Waals surface area contributed by atoms with E-state index in [1.165, 1.54) is 38.3 Å². The zero-order chi connectivity index (χ0) is 35.2. The van der Waals surface area contributed by atoms with Crippen LogP contribution in [0.3, 0.4) is 0 Å². The molecule has 1 aliphatic carbocycles. The van der Waals surface area contributed by atoms with Crippen LogP contribution in [-0.2, 0) is 20.2 Å². The van der Waals surface area contributed by atoms with Gasteiger partial charge in [0.2, 0.25) is 10.0 Å². The summed E-state index contributed by atoms with van der Waals surface area (Å²) in [5, 5.41) is 0. The first-order valence-electron chi connectivity index (χ1n) is 17.7. The molecule has 3 aliphatic rings. The van der Waals surface area contributed by atoms with Gasteiger partial charge >= 0.3 is 0 Å². The first kappa shape index (κ1) is 37.8. The third-order valence-electron chi connectivity index (χ3n) is 10.3. The van der Waals surface area contributed by atoms with Crippen molar-refractivity contribution in [2.24, 2.45) is 5.92 Å². The lowest BCUT2D eigenvalue weighted by Crippen LogP contribution is -2.49. The molecule has 0 spiro atoms. The predicted molar refractivity (Wildman–Crippen MR) is 191 cm³/mol. The summed E-state index contributed by atoms with van der Waals surface area (Å²) >= 11 is 0. The first-order valence-corrected chi connectivity index (χ1v) is 20.6. The summed E-state index contributed by atoms with van der Waals surface area (Å²) in [6.07, 6.45) is 8.46. The molecule has 272 valence electrons. The van der Waals surface area contributed by atoms with E-state index < -0.39 is 36.8 Å². The molecule has 2 saturated heterocycles. The summed E-state index contributed by atoms with van der Waals surface area (Å²) in [7, 11) is -5.29. The lowest BCUT2D eigenvalue weighted by atomic mass is 9.89. The molecule has 0 unspecified atom stereocenters. The van der Waals surface area contributed by atoms with Crippen LogP contribution in [0.2, 0.25) is 0 Å². The summed E-state index contributed by atoms with van der Waals surface area (Å²) < 4.78 is 91.1. The Bertz CT molecular complexity index is 1600. The number of halogens is 2. The van der Waals surface area contributed by atoms with E-state index in [1.54, 1.807) is 14.1 Å².